The van der Waals surface area contributed by atoms with Gasteiger partial charge in [-0.2, -0.15) is 0 Å². The molecule has 1 aromatic heterocycles. The maximum absolute atomic E-state index is 5.77. The summed E-state index contributed by atoms with van der Waals surface area (Å²) in [6, 6.07) is 6.13. The Kier molecular flexibility index (Phi) is 3.81. The normalized spacial score (nSPS) is 10.4. The summed E-state index contributed by atoms with van der Waals surface area (Å²) >= 11 is 3.48. The van der Waals surface area contributed by atoms with Gasteiger partial charge in [0.25, 0.3) is 0 Å². The number of aromatic nitrogens is 2. The van der Waals surface area contributed by atoms with E-state index in [9.17, 15) is 0 Å². The van der Waals surface area contributed by atoms with Crippen LogP contribution in [0.15, 0.2) is 29.0 Å². The van der Waals surface area contributed by atoms with Crippen molar-refractivity contribution in [3.8, 4) is 0 Å². The highest BCUT2D eigenvalue weighted by atomic mass is 79.9. The number of halogens is 1. The third-order valence-electron chi connectivity index (χ3n) is 2.82. The average molecular weight is 307 g/mol. The summed E-state index contributed by atoms with van der Waals surface area (Å²) in [6.07, 6.45) is 2.41. The summed E-state index contributed by atoms with van der Waals surface area (Å²) in [5.74, 6) is 1.25. The van der Waals surface area contributed by atoms with Crippen molar-refractivity contribution in [2.75, 3.05) is 11.1 Å². The number of aryl methyl sites for hydroxylation is 1. The molecule has 0 saturated carbocycles. The van der Waals surface area contributed by atoms with Gasteiger partial charge in [-0.05, 0) is 37.1 Å². The zero-order valence-electron chi connectivity index (χ0n) is 10.4. The van der Waals surface area contributed by atoms with E-state index in [2.05, 4.69) is 44.2 Å². The first kappa shape index (κ1) is 12.8. The van der Waals surface area contributed by atoms with E-state index < -0.39 is 0 Å². The number of nitrogens with one attached hydrogen (secondary N) is 1. The van der Waals surface area contributed by atoms with Gasteiger partial charge in [0.05, 0.1) is 0 Å². The molecule has 0 radical (unpaired) electrons. The summed E-state index contributed by atoms with van der Waals surface area (Å²) in [5.41, 5.74) is 8.90. The third-order valence-corrected chi connectivity index (χ3v) is 3.32. The van der Waals surface area contributed by atoms with Crippen LogP contribution in [0.25, 0.3) is 0 Å². The van der Waals surface area contributed by atoms with Crippen molar-refractivity contribution < 1.29 is 0 Å². The molecule has 0 spiro atoms. The van der Waals surface area contributed by atoms with Crippen LogP contribution in [0.5, 0.6) is 0 Å². The molecule has 4 nitrogen and oxygen atoms in total. The Labute approximate surface area is 115 Å². The van der Waals surface area contributed by atoms with E-state index in [1.54, 1.807) is 0 Å². The molecular weight excluding hydrogens is 292 g/mol. The van der Waals surface area contributed by atoms with E-state index in [4.69, 9.17) is 5.73 Å². The van der Waals surface area contributed by atoms with Gasteiger partial charge in [0.15, 0.2) is 0 Å². The smallest absolute Gasteiger partial charge is 0.138 e. The Hall–Kier alpha value is -1.62. The lowest BCUT2D eigenvalue weighted by atomic mass is 10.1. The molecule has 0 amide bonds. The van der Waals surface area contributed by atoms with Crippen molar-refractivity contribution in [2.24, 2.45) is 0 Å². The Morgan fingerprint density at radius 3 is 2.83 bits per heavy atom. The lowest BCUT2D eigenvalue weighted by Crippen LogP contribution is -2.03. The molecule has 2 aromatic rings. The monoisotopic (exact) mass is 306 g/mol. The van der Waals surface area contributed by atoms with E-state index in [1.807, 2.05) is 19.1 Å². The van der Waals surface area contributed by atoms with Crippen molar-refractivity contribution in [1.29, 1.82) is 0 Å². The predicted octanol–water partition coefficient (Wildman–Crippen LogP) is 3.44. The first-order chi connectivity index (χ1) is 8.61. The maximum atomic E-state index is 5.77. The van der Waals surface area contributed by atoms with Gasteiger partial charge >= 0.3 is 0 Å². The number of hydrogen-bond donors (Lipinski definition) is 2. The molecule has 0 fully saturated rings. The number of rotatable bonds is 3. The number of benzene rings is 1. The molecule has 0 unspecified atom stereocenters. The van der Waals surface area contributed by atoms with Crippen LogP contribution in [0.1, 0.15) is 18.1 Å². The summed E-state index contributed by atoms with van der Waals surface area (Å²) in [6.45, 7) is 4.02. The number of anilines is 3. The van der Waals surface area contributed by atoms with Crippen LogP contribution in [0.2, 0.25) is 0 Å². The fraction of sp³-hybridized carbons (Fsp3) is 0.231. The molecule has 3 N–H and O–H groups in total. The van der Waals surface area contributed by atoms with Crippen molar-refractivity contribution in [2.45, 2.75) is 20.3 Å². The van der Waals surface area contributed by atoms with E-state index in [-0.39, 0.29) is 0 Å². The van der Waals surface area contributed by atoms with Crippen molar-refractivity contribution in [3.05, 3.63) is 40.1 Å². The van der Waals surface area contributed by atoms with Crippen molar-refractivity contribution in [3.63, 3.8) is 0 Å². The molecule has 1 aromatic carbocycles. The maximum Gasteiger partial charge on any atom is 0.138 e. The quantitative estimate of drug-likeness (QED) is 0.912. The second kappa shape index (κ2) is 5.35. The molecule has 0 aliphatic rings. The summed E-state index contributed by atoms with van der Waals surface area (Å²) < 4.78 is 1.07. The molecule has 5 heteroatoms. The lowest BCUT2D eigenvalue weighted by molar-refractivity contribution is 1.11. The van der Waals surface area contributed by atoms with Crippen LogP contribution in [0, 0.1) is 6.92 Å². The highest BCUT2D eigenvalue weighted by molar-refractivity contribution is 9.10. The molecule has 94 valence electrons. The molecule has 0 aliphatic heterocycles. The fourth-order valence-electron chi connectivity index (χ4n) is 1.69. The van der Waals surface area contributed by atoms with E-state index in [1.165, 1.54) is 11.9 Å². The molecule has 0 aliphatic carbocycles. The number of nitrogen functional groups attached to an aromatic ring is 1. The first-order valence-corrected chi connectivity index (χ1v) is 6.53. The standard InChI is InChI=1S/C13H15BrN4/c1-3-9-6-10(14)4-5-11(9)18-13-8(2)12(15)16-7-17-13/h4-7H,3H2,1-2H3,(H3,15,16,17,18). The van der Waals surface area contributed by atoms with Crippen LogP contribution in [-0.2, 0) is 6.42 Å². The minimum Gasteiger partial charge on any atom is -0.383 e. The lowest BCUT2D eigenvalue weighted by Gasteiger charge is -2.13. The highest BCUT2D eigenvalue weighted by Crippen LogP contribution is 2.26. The SMILES string of the molecule is CCc1cc(Br)ccc1Nc1ncnc(N)c1C. The molecular formula is C13H15BrN4. The topological polar surface area (TPSA) is 63.8 Å². The highest BCUT2D eigenvalue weighted by Gasteiger charge is 2.07. The molecule has 2 rings (SSSR count). The van der Waals surface area contributed by atoms with Crippen LogP contribution < -0.4 is 11.1 Å². The van der Waals surface area contributed by atoms with Gasteiger partial charge in [0.1, 0.15) is 18.0 Å². The van der Waals surface area contributed by atoms with Gasteiger partial charge in [-0.3, -0.25) is 0 Å². The number of nitrogens with two attached hydrogens (primary N) is 1. The van der Waals surface area contributed by atoms with Crippen LogP contribution in [-0.4, -0.2) is 9.97 Å². The Morgan fingerprint density at radius 2 is 2.11 bits per heavy atom. The second-order valence-electron chi connectivity index (χ2n) is 4.01. The summed E-state index contributed by atoms with van der Waals surface area (Å²) in [7, 11) is 0. The van der Waals surface area contributed by atoms with Gasteiger partial charge in [0.2, 0.25) is 0 Å². The minimum atomic E-state index is 0.502. The average Bonchev–Trinajstić information content (AvgIpc) is 2.37. The second-order valence-corrected chi connectivity index (χ2v) is 4.93. The third kappa shape index (κ3) is 2.61. The fourth-order valence-corrected chi connectivity index (χ4v) is 2.10. The van der Waals surface area contributed by atoms with Crippen LogP contribution in [0.4, 0.5) is 17.3 Å². The van der Waals surface area contributed by atoms with Crippen LogP contribution >= 0.6 is 15.9 Å². The van der Waals surface area contributed by atoms with Gasteiger partial charge in [-0.15, -0.1) is 0 Å². The van der Waals surface area contributed by atoms with Gasteiger partial charge in [0, 0.05) is 15.7 Å². The predicted molar refractivity (Wildman–Crippen MR) is 78.0 cm³/mol. The van der Waals surface area contributed by atoms with Gasteiger partial charge in [-0.25, -0.2) is 9.97 Å². The number of hydrogen-bond acceptors (Lipinski definition) is 4. The zero-order valence-corrected chi connectivity index (χ0v) is 12.0. The molecule has 18 heavy (non-hydrogen) atoms. The zero-order chi connectivity index (χ0) is 13.1. The first-order valence-electron chi connectivity index (χ1n) is 5.74. The molecule has 0 bridgehead atoms. The summed E-state index contributed by atoms with van der Waals surface area (Å²) in [4.78, 5) is 8.18. The Balaban J connectivity index is 2.37. The summed E-state index contributed by atoms with van der Waals surface area (Å²) in [5, 5.41) is 3.31. The van der Waals surface area contributed by atoms with E-state index in [0.29, 0.717) is 5.82 Å². The Morgan fingerprint density at radius 1 is 1.33 bits per heavy atom. The molecule has 0 atom stereocenters. The van der Waals surface area contributed by atoms with Crippen LogP contribution in [0.3, 0.4) is 0 Å². The Bertz CT molecular complexity index is 569. The minimum absolute atomic E-state index is 0.502. The van der Waals surface area contributed by atoms with Gasteiger partial charge in [-0.1, -0.05) is 22.9 Å². The molecule has 1 heterocycles. The van der Waals surface area contributed by atoms with Crippen molar-refractivity contribution in [1.82, 2.24) is 9.97 Å². The largest absolute Gasteiger partial charge is 0.383 e. The number of nitrogens with zero attached hydrogens (tertiary/aromatic N) is 2. The molecule has 0 saturated heterocycles. The van der Waals surface area contributed by atoms with Crippen molar-refractivity contribution >= 4 is 33.3 Å². The van der Waals surface area contributed by atoms with Gasteiger partial charge < -0.3 is 11.1 Å². The van der Waals surface area contributed by atoms with E-state index >= 15 is 0 Å². The van der Waals surface area contributed by atoms with E-state index in [0.717, 1.165) is 28.0 Å².